The number of fused-ring (bicyclic) bond motifs is 1. The molecule has 5 heteroatoms. The Morgan fingerprint density at radius 3 is 2.87 bits per heavy atom. The number of para-hydroxylation sites is 1. The van der Waals surface area contributed by atoms with E-state index in [1.54, 1.807) is 29.5 Å². The highest BCUT2D eigenvalue weighted by Crippen LogP contribution is 2.36. The first kappa shape index (κ1) is 14.1. The van der Waals surface area contributed by atoms with Crippen LogP contribution in [0.25, 0.3) is 10.9 Å². The quantitative estimate of drug-likeness (QED) is 0.716. The maximum absolute atomic E-state index is 12.1. The highest BCUT2D eigenvalue weighted by atomic mass is 32.1. The van der Waals surface area contributed by atoms with Crippen LogP contribution in [0.15, 0.2) is 59.1 Å². The van der Waals surface area contributed by atoms with E-state index in [1.165, 1.54) is 0 Å². The molecule has 1 aliphatic rings. The number of carbonyl (C=O) groups is 1. The zero-order valence-electron chi connectivity index (χ0n) is 12.6. The van der Waals surface area contributed by atoms with E-state index in [0.29, 0.717) is 0 Å². The first-order valence-electron chi connectivity index (χ1n) is 7.49. The van der Waals surface area contributed by atoms with E-state index in [2.05, 4.69) is 22.2 Å². The minimum atomic E-state index is -0.0718. The van der Waals surface area contributed by atoms with E-state index < -0.39 is 0 Å². The van der Waals surface area contributed by atoms with Crippen LogP contribution in [0.3, 0.4) is 0 Å². The lowest BCUT2D eigenvalue weighted by molar-refractivity contribution is -0.130. The summed E-state index contributed by atoms with van der Waals surface area (Å²) in [6.07, 6.45) is 2.53. The molecule has 4 rings (SSSR count). The van der Waals surface area contributed by atoms with Gasteiger partial charge in [0.1, 0.15) is 0 Å². The minimum Gasteiger partial charge on any atom is -0.273 e. The summed E-state index contributed by atoms with van der Waals surface area (Å²) in [6.45, 7) is 1.57. The molecule has 114 valence electrons. The van der Waals surface area contributed by atoms with Crippen LogP contribution in [-0.4, -0.2) is 21.6 Å². The maximum Gasteiger partial charge on any atom is 0.240 e. The summed E-state index contributed by atoms with van der Waals surface area (Å²) in [5.41, 5.74) is 3.01. The summed E-state index contributed by atoms with van der Waals surface area (Å²) in [4.78, 5) is 17.6. The first-order chi connectivity index (χ1) is 11.2. The van der Waals surface area contributed by atoms with Gasteiger partial charge in [-0.2, -0.15) is 5.10 Å². The van der Waals surface area contributed by atoms with Crippen molar-refractivity contribution >= 4 is 33.9 Å². The van der Waals surface area contributed by atoms with Crippen LogP contribution in [-0.2, 0) is 4.79 Å². The number of pyridine rings is 1. The summed E-state index contributed by atoms with van der Waals surface area (Å²) in [6, 6.07) is 14.0. The Labute approximate surface area is 138 Å². The van der Waals surface area contributed by atoms with Gasteiger partial charge in [-0.05, 0) is 29.1 Å². The Bertz CT molecular complexity index is 896. The monoisotopic (exact) mass is 321 g/mol. The van der Waals surface area contributed by atoms with Crippen LogP contribution in [0.4, 0.5) is 0 Å². The van der Waals surface area contributed by atoms with Gasteiger partial charge in [0.2, 0.25) is 5.91 Å². The molecule has 0 aliphatic carbocycles. The molecule has 0 fully saturated rings. The molecule has 0 saturated heterocycles. The Balaban J connectivity index is 1.80. The molecule has 0 unspecified atom stereocenters. The average molecular weight is 321 g/mol. The van der Waals surface area contributed by atoms with Crippen molar-refractivity contribution in [1.82, 2.24) is 9.99 Å². The number of rotatable bonds is 2. The Hall–Kier alpha value is -2.53. The largest absolute Gasteiger partial charge is 0.273 e. The highest BCUT2D eigenvalue weighted by Gasteiger charge is 2.32. The Kier molecular flexibility index (Phi) is 3.42. The highest BCUT2D eigenvalue weighted by molar-refractivity contribution is 7.12. The third-order valence-electron chi connectivity index (χ3n) is 4.08. The molecule has 23 heavy (non-hydrogen) atoms. The number of nitrogens with zero attached hydrogens (tertiary/aromatic N) is 3. The van der Waals surface area contributed by atoms with Crippen LogP contribution in [0.1, 0.15) is 29.8 Å². The predicted octanol–water partition coefficient (Wildman–Crippen LogP) is 3.99. The molecule has 3 aromatic rings. The summed E-state index contributed by atoms with van der Waals surface area (Å²) in [7, 11) is 0. The molecule has 1 aliphatic heterocycles. The van der Waals surface area contributed by atoms with Gasteiger partial charge < -0.3 is 0 Å². The molecule has 0 N–H and O–H groups in total. The number of benzene rings is 1. The van der Waals surface area contributed by atoms with Crippen molar-refractivity contribution in [2.75, 3.05) is 0 Å². The lowest BCUT2D eigenvalue weighted by Gasteiger charge is -2.21. The Morgan fingerprint density at radius 2 is 2.09 bits per heavy atom. The fraction of sp³-hybridized carbons (Fsp3) is 0.167. The van der Waals surface area contributed by atoms with Crippen LogP contribution in [0.2, 0.25) is 0 Å². The van der Waals surface area contributed by atoms with E-state index in [0.717, 1.165) is 33.5 Å². The number of thiophene rings is 1. The molecule has 1 atom stereocenters. The Morgan fingerprint density at radius 1 is 1.22 bits per heavy atom. The molecular weight excluding hydrogens is 306 g/mol. The second-order valence-electron chi connectivity index (χ2n) is 5.52. The van der Waals surface area contributed by atoms with Gasteiger partial charge in [0.05, 0.1) is 22.1 Å². The fourth-order valence-electron chi connectivity index (χ4n) is 3.04. The standard InChI is InChI=1S/C18H15N3OS/c1-12(22)21-17(11-16(20-21)18-7-4-10-23-18)14-8-9-19-15-6-3-2-5-13(14)15/h2-10,17H,11H2,1H3/t17-/m1/s1. The average Bonchev–Trinajstić information content (AvgIpc) is 3.23. The van der Waals surface area contributed by atoms with Crippen LogP contribution >= 0.6 is 11.3 Å². The molecular formula is C18H15N3OS. The van der Waals surface area contributed by atoms with Gasteiger partial charge in [0.25, 0.3) is 0 Å². The molecule has 3 heterocycles. The smallest absolute Gasteiger partial charge is 0.240 e. The molecule has 4 nitrogen and oxygen atoms in total. The van der Waals surface area contributed by atoms with Gasteiger partial charge in [-0.15, -0.1) is 11.3 Å². The van der Waals surface area contributed by atoms with Gasteiger partial charge in [0, 0.05) is 24.9 Å². The second kappa shape index (κ2) is 5.59. The number of amides is 1. The summed E-state index contributed by atoms with van der Waals surface area (Å²) >= 11 is 1.65. The van der Waals surface area contributed by atoms with Gasteiger partial charge in [0.15, 0.2) is 0 Å². The zero-order valence-corrected chi connectivity index (χ0v) is 13.5. The van der Waals surface area contributed by atoms with E-state index in [9.17, 15) is 4.79 Å². The molecule has 0 saturated carbocycles. The zero-order chi connectivity index (χ0) is 15.8. The van der Waals surface area contributed by atoms with Crippen LogP contribution in [0.5, 0.6) is 0 Å². The minimum absolute atomic E-state index is 0.0394. The van der Waals surface area contributed by atoms with Gasteiger partial charge in [-0.3, -0.25) is 9.78 Å². The van der Waals surface area contributed by atoms with Crippen LogP contribution in [0, 0.1) is 0 Å². The van der Waals surface area contributed by atoms with Crippen molar-refractivity contribution in [3.05, 3.63) is 64.5 Å². The van der Waals surface area contributed by atoms with E-state index in [4.69, 9.17) is 0 Å². The van der Waals surface area contributed by atoms with Crippen molar-refractivity contribution < 1.29 is 4.79 Å². The normalized spacial score (nSPS) is 17.5. The predicted molar refractivity (Wildman–Crippen MR) is 92.5 cm³/mol. The van der Waals surface area contributed by atoms with Crippen molar-refractivity contribution in [3.63, 3.8) is 0 Å². The van der Waals surface area contributed by atoms with E-state index >= 15 is 0 Å². The molecule has 1 aromatic carbocycles. The van der Waals surface area contributed by atoms with Gasteiger partial charge in [-0.25, -0.2) is 5.01 Å². The number of hydrogen-bond acceptors (Lipinski definition) is 4. The van der Waals surface area contributed by atoms with Gasteiger partial charge >= 0.3 is 0 Å². The van der Waals surface area contributed by atoms with Crippen molar-refractivity contribution in [2.45, 2.75) is 19.4 Å². The number of hydrogen-bond donors (Lipinski definition) is 0. The lowest BCUT2D eigenvalue weighted by atomic mass is 9.98. The molecule has 2 aromatic heterocycles. The molecule has 1 amide bonds. The van der Waals surface area contributed by atoms with Crippen molar-refractivity contribution in [1.29, 1.82) is 0 Å². The SMILES string of the molecule is CC(=O)N1N=C(c2cccs2)C[C@@H]1c1ccnc2ccccc12. The number of hydrazone groups is 1. The van der Waals surface area contributed by atoms with Crippen molar-refractivity contribution in [2.24, 2.45) is 5.10 Å². The molecule has 0 bridgehead atoms. The first-order valence-corrected chi connectivity index (χ1v) is 8.37. The maximum atomic E-state index is 12.1. The number of aromatic nitrogens is 1. The van der Waals surface area contributed by atoms with Crippen LogP contribution < -0.4 is 0 Å². The third kappa shape index (κ3) is 2.43. The number of carbonyl (C=O) groups excluding carboxylic acids is 1. The van der Waals surface area contributed by atoms with Crippen molar-refractivity contribution in [3.8, 4) is 0 Å². The topological polar surface area (TPSA) is 45.6 Å². The van der Waals surface area contributed by atoms with Gasteiger partial charge in [-0.1, -0.05) is 24.3 Å². The molecule has 0 radical (unpaired) electrons. The fourth-order valence-corrected chi connectivity index (χ4v) is 3.76. The summed E-state index contributed by atoms with van der Waals surface area (Å²) < 4.78 is 0. The van der Waals surface area contributed by atoms with E-state index in [-0.39, 0.29) is 11.9 Å². The second-order valence-corrected chi connectivity index (χ2v) is 6.47. The summed E-state index contributed by atoms with van der Waals surface area (Å²) in [5.74, 6) is -0.0394. The summed E-state index contributed by atoms with van der Waals surface area (Å²) in [5, 5.41) is 9.30. The third-order valence-corrected chi connectivity index (χ3v) is 5.00. The molecule has 0 spiro atoms. The van der Waals surface area contributed by atoms with E-state index in [1.807, 2.05) is 35.7 Å². The lowest BCUT2D eigenvalue weighted by Crippen LogP contribution is -2.24.